The number of carbonyl (C=O) groups excluding carboxylic acids is 2. The van der Waals surface area contributed by atoms with Gasteiger partial charge in [-0.15, -0.1) is 0 Å². The van der Waals surface area contributed by atoms with Crippen LogP contribution in [0.1, 0.15) is 39.5 Å². The van der Waals surface area contributed by atoms with Crippen LogP contribution in [-0.2, 0) is 30.1 Å². The molecule has 0 saturated carbocycles. The van der Waals surface area contributed by atoms with E-state index in [1.54, 1.807) is 19.1 Å². The molecule has 0 heterocycles. The van der Waals surface area contributed by atoms with Gasteiger partial charge in [0.1, 0.15) is 23.9 Å². The number of ketones is 1. The third kappa shape index (κ3) is 7.77. The smallest absolute Gasteiger partial charge is 0.416 e. The van der Waals surface area contributed by atoms with Crippen LogP contribution in [0.25, 0.3) is 10.8 Å². The van der Waals surface area contributed by atoms with Crippen LogP contribution >= 0.6 is 0 Å². The third-order valence-electron chi connectivity index (χ3n) is 6.51. The number of ether oxygens (including phenoxy) is 2. The second-order valence-corrected chi connectivity index (χ2v) is 11.5. The Hall–Kier alpha value is -5.48. The number of halogens is 3. The van der Waals surface area contributed by atoms with Gasteiger partial charge in [-0.3, -0.25) is 9.08 Å². The van der Waals surface area contributed by atoms with Crippen LogP contribution in [0.5, 0.6) is 5.75 Å². The molecule has 0 aliphatic rings. The molecule has 0 spiro atoms. The summed E-state index contributed by atoms with van der Waals surface area (Å²) < 4.78 is 80.3. The van der Waals surface area contributed by atoms with Gasteiger partial charge in [-0.25, -0.2) is 4.79 Å². The number of alkyl halides is 3. The lowest BCUT2D eigenvalue weighted by Gasteiger charge is -2.14. The molecule has 9 nitrogen and oxygen atoms in total. The minimum atomic E-state index is -4.74. The van der Waals surface area contributed by atoms with E-state index in [0.717, 1.165) is 17.7 Å². The summed E-state index contributed by atoms with van der Waals surface area (Å²) in [5, 5.41) is 13.9. The number of carbonyl (C=O) groups is 2. The molecule has 0 aliphatic carbocycles. The number of fused-ring (bicyclic) bond motifs is 1. The molecule has 46 heavy (non-hydrogen) atoms. The molecule has 0 atom stereocenters. The molecule has 4 aromatic rings. The van der Waals surface area contributed by atoms with Gasteiger partial charge < -0.3 is 9.47 Å². The molecule has 0 radical (unpaired) electrons. The van der Waals surface area contributed by atoms with Crippen LogP contribution in [-0.4, -0.2) is 39.1 Å². The van der Waals surface area contributed by atoms with E-state index in [1.165, 1.54) is 49.4 Å². The number of esters is 1. The normalized spacial score (nSPS) is 11.9. The Balaban J connectivity index is 1.73. The highest BCUT2D eigenvalue weighted by Crippen LogP contribution is 2.32. The maximum Gasteiger partial charge on any atom is 0.416 e. The number of nitriles is 1. The molecule has 13 heteroatoms. The largest absolute Gasteiger partial charge is 0.489 e. The van der Waals surface area contributed by atoms with Crippen molar-refractivity contribution in [2.24, 2.45) is 5.16 Å². The van der Waals surface area contributed by atoms with E-state index in [1.807, 2.05) is 6.07 Å². The van der Waals surface area contributed by atoms with Crippen LogP contribution in [0.15, 0.2) is 101 Å². The zero-order valence-electron chi connectivity index (χ0n) is 24.4. The summed E-state index contributed by atoms with van der Waals surface area (Å²) in [5.74, 6) is -1.08. The molecule has 0 aliphatic heterocycles. The van der Waals surface area contributed by atoms with Crippen molar-refractivity contribution in [1.82, 2.24) is 0 Å². The maximum atomic E-state index is 14.0. The highest BCUT2D eigenvalue weighted by atomic mass is 32.2. The number of aryl methyl sites for hydroxylation is 1. The first-order valence-electron chi connectivity index (χ1n) is 13.4. The Bertz CT molecular complexity index is 2000. The van der Waals surface area contributed by atoms with Crippen LogP contribution in [0.3, 0.4) is 0 Å². The van der Waals surface area contributed by atoms with Crippen molar-refractivity contribution in [3.05, 3.63) is 119 Å². The lowest BCUT2D eigenvalue weighted by atomic mass is 9.94. The van der Waals surface area contributed by atoms with Crippen molar-refractivity contribution in [2.45, 2.75) is 24.9 Å². The quantitative estimate of drug-likeness (QED) is 0.0447. The van der Waals surface area contributed by atoms with E-state index in [2.05, 4.69) is 11.7 Å². The second kappa shape index (κ2) is 13.7. The predicted molar refractivity (Wildman–Crippen MR) is 162 cm³/mol. The van der Waals surface area contributed by atoms with Gasteiger partial charge >= 0.3 is 22.3 Å². The number of hydrogen-bond donors (Lipinski definition) is 0. The van der Waals surface area contributed by atoms with E-state index >= 15 is 0 Å². The van der Waals surface area contributed by atoms with Gasteiger partial charge in [-0.05, 0) is 67.8 Å². The zero-order chi connectivity index (χ0) is 33.6. The molecule has 236 valence electrons. The first kappa shape index (κ1) is 33.4. The van der Waals surface area contributed by atoms with Gasteiger partial charge in [-0.2, -0.15) is 26.9 Å². The summed E-state index contributed by atoms with van der Waals surface area (Å²) in [6, 6.07) is 18.4. The Morgan fingerprint density at radius 3 is 2.22 bits per heavy atom. The summed E-state index contributed by atoms with van der Waals surface area (Å²) >= 11 is 0. The van der Waals surface area contributed by atoms with Crippen LogP contribution in [0, 0.1) is 18.3 Å². The summed E-state index contributed by atoms with van der Waals surface area (Å²) in [7, 11) is -4.74. The first-order chi connectivity index (χ1) is 21.7. The van der Waals surface area contributed by atoms with Crippen molar-refractivity contribution in [3.63, 3.8) is 0 Å². The van der Waals surface area contributed by atoms with Gasteiger partial charge in [0.15, 0.2) is 5.71 Å². The van der Waals surface area contributed by atoms with Crippen molar-refractivity contribution in [2.75, 3.05) is 13.2 Å². The zero-order valence-corrected chi connectivity index (χ0v) is 25.2. The molecular formula is C33H25F3N2O7S. The highest BCUT2D eigenvalue weighted by Gasteiger charge is 2.31. The number of nitrogens with zero attached hydrogens (tertiary/aromatic N) is 2. The standard InChI is InChI=1S/C33H25F3N2O7S/c1-20(2)32(40)44-17-16-43-29-15-14-27(26-13-6-22(19-37)18-28(26)29)31(39)30(23-7-4-21(3)5-8-23)38-45-46(41,42)25-11-9-24(10-12-25)33(34,35)36/h4-15,18H,1,16-17H2,2-3H3/b38-30+. The van der Waals surface area contributed by atoms with E-state index < -0.39 is 44.2 Å². The van der Waals surface area contributed by atoms with E-state index in [4.69, 9.17) is 13.8 Å². The van der Waals surface area contributed by atoms with Crippen molar-refractivity contribution >= 4 is 38.4 Å². The number of Topliss-reactive ketones (excluding diaryl/α,β-unsaturated/α-hetero) is 1. The van der Waals surface area contributed by atoms with E-state index in [9.17, 15) is 36.4 Å². The molecule has 0 N–H and O–H groups in total. The molecule has 0 fully saturated rings. The van der Waals surface area contributed by atoms with Crippen LogP contribution in [0.2, 0.25) is 0 Å². The minimum Gasteiger partial charge on any atom is -0.489 e. The third-order valence-corrected chi connectivity index (χ3v) is 7.63. The number of oxime groups is 1. The fourth-order valence-corrected chi connectivity index (χ4v) is 4.86. The Labute approximate surface area is 262 Å². The summed E-state index contributed by atoms with van der Waals surface area (Å²) in [5.41, 5.74) is 0.0794. The maximum absolute atomic E-state index is 14.0. The van der Waals surface area contributed by atoms with Crippen molar-refractivity contribution < 1.29 is 44.9 Å². The van der Waals surface area contributed by atoms with Crippen molar-refractivity contribution in [3.8, 4) is 11.8 Å². The Morgan fingerprint density at radius 2 is 1.61 bits per heavy atom. The molecular weight excluding hydrogens is 625 g/mol. The molecule has 0 unspecified atom stereocenters. The monoisotopic (exact) mass is 650 g/mol. The van der Waals surface area contributed by atoms with Crippen LogP contribution < -0.4 is 4.74 Å². The SMILES string of the molecule is C=C(C)C(=O)OCCOc1ccc(C(=O)/C(=N/OS(=O)(=O)c2ccc(C(F)(F)F)cc2)c2ccc(C)cc2)c2ccc(C#N)cc12. The molecule has 4 aromatic carbocycles. The van der Waals surface area contributed by atoms with Gasteiger partial charge in [0.2, 0.25) is 5.78 Å². The minimum absolute atomic E-state index is 0.0513. The lowest BCUT2D eigenvalue weighted by Crippen LogP contribution is -2.18. The van der Waals surface area contributed by atoms with E-state index in [-0.39, 0.29) is 41.2 Å². The number of benzene rings is 4. The van der Waals surface area contributed by atoms with Gasteiger partial charge in [-0.1, -0.05) is 47.6 Å². The Morgan fingerprint density at radius 1 is 0.935 bits per heavy atom. The summed E-state index contributed by atoms with van der Waals surface area (Å²) in [6.45, 7) is 6.65. The highest BCUT2D eigenvalue weighted by molar-refractivity contribution is 7.86. The summed E-state index contributed by atoms with van der Waals surface area (Å²) in [4.78, 5) is 25.1. The predicted octanol–water partition coefficient (Wildman–Crippen LogP) is 6.53. The average molecular weight is 651 g/mol. The lowest BCUT2D eigenvalue weighted by molar-refractivity contribution is -0.139. The molecule has 0 saturated heterocycles. The summed E-state index contributed by atoms with van der Waals surface area (Å²) in [6.07, 6.45) is -4.68. The Kier molecular flexibility index (Phi) is 9.92. The molecule has 0 amide bonds. The van der Waals surface area contributed by atoms with Gasteiger partial charge in [0.05, 0.1) is 17.2 Å². The number of rotatable bonds is 11. The molecule has 4 rings (SSSR count). The topological polar surface area (TPSA) is 132 Å². The van der Waals surface area contributed by atoms with Gasteiger partial charge in [0, 0.05) is 22.1 Å². The van der Waals surface area contributed by atoms with Crippen molar-refractivity contribution in [1.29, 1.82) is 5.26 Å². The van der Waals surface area contributed by atoms with E-state index in [0.29, 0.717) is 22.9 Å². The average Bonchev–Trinajstić information content (AvgIpc) is 3.03. The fourth-order valence-electron chi connectivity index (χ4n) is 4.13. The fraction of sp³-hybridized carbons (Fsp3) is 0.152. The molecule has 0 bridgehead atoms. The first-order valence-corrected chi connectivity index (χ1v) is 14.8. The van der Waals surface area contributed by atoms with Crippen LogP contribution in [0.4, 0.5) is 13.2 Å². The van der Waals surface area contributed by atoms with Gasteiger partial charge in [0.25, 0.3) is 0 Å². The second-order valence-electron chi connectivity index (χ2n) is 9.93. The number of hydrogen-bond acceptors (Lipinski definition) is 9. The molecule has 0 aromatic heterocycles.